The SMILES string of the molecule is Cc1cc(O)c(C(=O)C=Cc2cccc(N3CCOC3=O)c2)c(=O)[nH]1. The van der Waals surface area contributed by atoms with Crippen LogP contribution in [0.1, 0.15) is 21.6 Å². The Labute approximate surface area is 143 Å². The Morgan fingerprint density at radius 3 is 2.80 bits per heavy atom. The number of carbonyl (C=O) groups excluding carboxylic acids is 2. The normalized spacial score (nSPS) is 14.1. The van der Waals surface area contributed by atoms with Gasteiger partial charge < -0.3 is 14.8 Å². The van der Waals surface area contributed by atoms with E-state index >= 15 is 0 Å². The molecule has 0 bridgehead atoms. The van der Waals surface area contributed by atoms with Crippen LogP contribution in [0, 0.1) is 6.92 Å². The predicted molar refractivity (Wildman–Crippen MR) is 92.0 cm³/mol. The van der Waals surface area contributed by atoms with E-state index in [1.165, 1.54) is 23.1 Å². The third-order valence-corrected chi connectivity index (χ3v) is 3.76. The van der Waals surface area contributed by atoms with Crippen molar-refractivity contribution < 1.29 is 19.4 Å². The number of aromatic nitrogens is 1. The zero-order valence-corrected chi connectivity index (χ0v) is 13.5. The summed E-state index contributed by atoms with van der Waals surface area (Å²) >= 11 is 0. The van der Waals surface area contributed by atoms with E-state index in [0.29, 0.717) is 30.1 Å². The molecule has 0 spiro atoms. The number of anilines is 1. The van der Waals surface area contributed by atoms with Gasteiger partial charge in [-0.3, -0.25) is 14.5 Å². The molecule has 2 heterocycles. The molecule has 1 amide bonds. The number of hydrogen-bond acceptors (Lipinski definition) is 5. The van der Waals surface area contributed by atoms with E-state index in [1.54, 1.807) is 31.2 Å². The van der Waals surface area contributed by atoms with Crippen LogP contribution >= 0.6 is 0 Å². The number of ether oxygens (including phenoxy) is 1. The minimum absolute atomic E-state index is 0.305. The molecule has 2 aromatic rings. The zero-order chi connectivity index (χ0) is 18.0. The van der Waals surface area contributed by atoms with Crippen LogP contribution in [0.4, 0.5) is 10.5 Å². The minimum atomic E-state index is -0.638. The lowest BCUT2D eigenvalue weighted by molar-refractivity contribution is 0.104. The predicted octanol–water partition coefficient (Wildman–Crippen LogP) is 2.24. The number of amides is 1. The Balaban J connectivity index is 1.84. The number of aromatic amines is 1. The van der Waals surface area contributed by atoms with Crippen molar-refractivity contribution in [2.45, 2.75) is 6.92 Å². The summed E-state index contributed by atoms with van der Waals surface area (Å²) in [5.74, 6) is -0.964. The molecule has 1 aliphatic rings. The summed E-state index contributed by atoms with van der Waals surface area (Å²) in [6.07, 6.45) is 2.32. The van der Waals surface area contributed by atoms with E-state index in [-0.39, 0.29) is 11.3 Å². The number of pyridine rings is 1. The van der Waals surface area contributed by atoms with Crippen molar-refractivity contribution in [3.63, 3.8) is 0 Å². The summed E-state index contributed by atoms with van der Waals surface area (Å²) in [7, 11) is 0. The molecule has 128 valence electrons. The molecule has 0 saturated carbocycles. The molecule has 0 atom stereocenters. The molecule has 2 N–H and O–H groups in total. The standard InChI is InChI=1S/C18H16N2O5/c1-11-9-15(22)16(17(23)19-11)14(21)6-5-12-3-2-4-13(10-12)20-7-8-25-18(20)24/h2-6,9-10H,7-8H2,1H3,(H2,19,22,23). The molecule has 1 saturated heterocycles. The molecule has 3 rings (SSSR count). The van der Waals surface area contributed by atoms with Crippen molar-refractivity contribution in [2.24, 2.45) is 0 Å². The number of nitrogens with zero attached hydrogens (tertiary/aromatic N) is 1. The van der Waals surface area contributed by atoms with Crippen LogP contribution in [0.15, 0.2) is 41.2 Å². The summed E-state index contributed by atoms with van der Waals surface area (Å²) in [5, 5.41) is 9.82. The van der Waals surface area contributed by atoms with Gasteiger partial charge in [-0.2, -0.15) is 0 Å². The highest BCUT2D eigenvalue weighted by molar-refractivity contribution is 6.08. The molecular formula is C18H16N2O5. The third kappa shape index (κ3) is 3.45. The average molecular weight is 340 g/mol. The first-order chi connectivity index (χ1) is 12.0. The second-order valence-electron chi connectivity index (χ2n) is 5.60. The maximum atomic E-state index is 12.2. The Kier molecular flexibility index (Phi) is 4.38. The fourth-order valence-corrected chi connectivity index (χ4v) is 2.59. The lowest BCUT2D eigenvalue weighted by Gasteiger charge is -2.12. The molecule has 1 aliphatic heterocycles. The van der Waals surface area contributed by atoms with Crippen LogP contribution in [0.5, 0.6) is 5.75 Å². The van der Waals surface area contributed by atoms with Gasteiger partial charge in [0.15, 0.2) is 5.78 Å². The number of benzene rings is 1. The Morgan fingerprint density at radius 1 is 1.32 bits per heavy atom. The first-order valence-electron chi connectivity index (χ1n) is 7.65. The van der Waals surface area contributed by atoms with Crippen molar-refractivity contribution in [1.29, 1.82) is 0 Å². The van der Waals surface area contributed by atoms with E-state index in [1.807, 2.05) is 0 Å². The maximum Gasteiger partial charge on any atom is 0.414 e. The number of hydrogen-bond donors (Lipinski definition) is 2. The maximum absolute atomic E-state index is 12.2. The summed E-state index contributed by atoms with van der Waals surface area (Å²) in [6.45, 7) is 2.42. The molecule has 0 unspecified atom stereocenters. The van der Waals surface area contributed by atoms with Gasteiger partial charge in [-0.25, -0.2) is 4.79 Å². The van der Waals surface area contributed by atoms with Crippen LogP contribution in [0.3, 0.4) is 0 Å². The van der Waals surface area contributed by atoms with Gasteiger partial charge >= 0.3 is 6.09 Å². The Bertz CT molecular complexity index is 929. The molecule has 25 heavy (non-hydrogen) atoms. The molecule has 7 nitrogen and oxygen atoms in total. The van der Waals surface area contributed by atoms with Gasteiger partial charge in [-0.05, 0) is 36.8 Å². The van der Waals surface area contributed by atoms with E-state index in [9.17, 15) is 19.5 Å². The summed E-state index contributed by atoms with van der Waals surface area (Å²) in [5.41, 5.74) is 0.858. The number of nitrogens with one attached hydrogen (secondary N) is 1. The van der Waals surface area contributed by atoms with Crippen molar-refractivity contribution >= 4 is 23.6 Å². The zero-order valence-electron chi connectivity index (χ0n) is 13.5. The molecule has 7 heteroatoms. The smallest absolute Gasteiger partial charge is 0.414 e. The number of cyclic esters (lactones) is 1. The van der Waals surface area contributed by atoms with Crippen molar-refractivity contribution in [1.82, 2.24) is 4.98 Å². The summed E-state index contributed by atoms with van der Waals surface area (Å²) in [4.78, 5) is 39.6. The van der Waals surface area contributed by atoms with Gasteiger partial charge in [0.1, 0.15) is 17.9 Å². The molecule has 0 radical (unpaired) electrons. The fraction of sp³-hybridized carbons (Fsp3) is 0.167. The number of allylic oxidation sites excluding steroid dienone is 1. The highest BCUT2D eigenvalue weighted by Crippen LogP contribution is 2.21. The number of H-pyrrole nitrogens is 1. The van der Waals surface area contributed by atoms with Gasteiger partial charge in [0, 0.05) is 11.4 Å². The quantitative estimate of drug-likeness (QED) is 0.657. The van der Waals surface area contributed by atoms with E-state index in [0.717, 1.165) is 0 Å². The first kappa shape index (κ1) is 16.5. The van der Waals surface area contributed by atoms with Gasteiger partial charge in [-0.1, -0.05) is 18.2 Å². The van der Waals surface area contributed by atoms with E-state index < -0.39 is 17.4 Å². The number of aromatic hydroxyl groups is 1. The number of ketones is 1. The molecule has 0 aliphatic carbocycles. The average Bonchev–Trinajstić information content (AvgIpc) is 2.98. The minimum Gasteiger partial charge on any atom is -0.507 e. The number of aryl methyl sites for hydroxylation is 1. The Morgan fingerprint density at radius 2 is 2.12 bits per heavy atom. The van der Waals surface area contributed by atoms with Crippen molar-refractivity contribution in [3.05, 3.63) is 63.6 Å². The summed E-state index contributed by atoms with van der Waals surface area (Å²) < 4.78 is 4.90. The highest BCUT2D eigenvalue weighted by atomic mass is 16.6. The topological polar surface area (TPSA) is 99.7 Å². The van der Waals surface area contributed by atoms with Crippen LogP contribution in [0.2, 0.25) is 0 Å². The molecule has 1 aromatic heterocycles. The van der Waals surface area contributed by atoms with E-state index in [2.05, 4.69) is 4.98 Å². The second kappa shape index (κ2) is 6.64. The monoisotopic (exact) mass is 340 g/mol. The number of rotatable bonds is 4. The van der Waals surface area contributed by atoms with Crippen LogP contribution in [-0.2, 0) is 4.74 Å². The lowest BCUT2D eigenvalue weighted by Crippen LogP contribution is -2.23. The third-order valence-electron chi connectivity index (χ3n) is 3.76. The van der Waals surface area contributed by atoms with Gasteiger partial charge in [0.2, 0.25) is 0 Å². The molecule has 1 aromatic carbocycles. The van der Waals surface area contributed by atoms with Gasteiger partial charge in [0.05, 0.1) is 6.54 Å². The number of carbonyl (C=O) groups is 2. The lowest BCUT2D eigenvalue weighted by atomic mass is 10.1. The fourth-order valence-electron chi connectivity index (χ4n) is 2.59. The highest BCUT2D eigenvalue weighted by Gasteiger charge is 2.23. The van der Waals surface area contributed by atoms with E-state index in [4.69, 9.17) is 4.74 Å². The largest absolute Gasteiger partial charge is 0.507 e. The van der Waals surface area contributed by atoms with Gasteiger partial charge in [0.25, 0.3) is 5.56 Å². The Hall–Kier alpha value is -3.35. The summed E-state index contributed by atoms with van der Waals surface area (Å²) in [6, 6.07) is 8.33. The van der Waals surface area contributed by atoms with Crippen molar-refractivity contribution in [3.8, 4) is 5.75 Å². The van der Waals surface area contributed by atoms with Crippen LogP contribution in [-0.4, -0.2) is 35.1 Å². The van der Waals surface area contributed by atoms with Crippen LogP contribution in [0.25, 0.3) is 6.08 Å². The first-order valence-corrected chi connectivity index (χ1v) is 7.65. The molecule has 1 fully saturated rings. The van der Waals surface area contributed by atoms with Crippen LogP contribution < -0.4 is 10.5 Å². The van der Waals surface area contributed by atoms with Gasteiger partial charge in [-0.15, -0.1) is 0 Å². The molecular weight excluding hydrogens is 324 g/mol. The second-order valence-corrected chi connectivity index (χ2v) is 5.60. The van der Waals surface area contributed by atoms with Crippen molar-refractivity contribution in [2.75, 3.05) is 18.1 Å².